The standard InChI is InChI=1S/C42H72O14/c1-3-5-7-9-11-12-13-14-15-16-17-18-19-20-22-24-26-51-28-31(54-34(44)25-23-21-10-8-6-4-2)29-52-41-40(50)38(48)36(46)33(56-41)30-53-42-39(49)37(47)35(45)32(27-43)55-42/h5,7,11-12,14-15,17-18,31-33,35-43,45-50H,3-4,6,8-10,13,16,19-30H2,1-2H3/b7-5-,12-11-,15-14-,18-17-. The molecule has 0 aliphatic carbocycles. The van der Waals surface area contributed by atoms with Gasteiger partial charge in [-0.25, -0.2) is 0 Å². The SMILES string of the molecule is CC/C=C\C/C=C\C/C=C\C/C=C\CCCCCOCC(COC1OC(COC2OC(CO)C(O)C(O)C2O)C(O)C(O)C1O)OC(=O)CCCCCCCC. The lowest BCUT2D eigenvalue weighted by Crippen LogP contribution is -2.61. The van der Waals surface area contributed by atoms with E-state index < -0.39 is 86.7 Å². The average molecular weight is 801 g/mol. The van der Waals surface area contributed by atoms with E-state index in [0.29, 0.717) is 13.0 Å². The molecule has 7 N–H and O–H groups in total. The summed E-state index contributed by atoms with van der Waals surface area (Å²) in [5, 5.41) is 71.6. The van der Waals surface area contributed by atoms with Gasteiger partial charge in [0.15, 0.2) is 12.6 Å². The van der Waals surface area contributed by atoms with Crippen molar-refractivity contribution in [2.24, 2.45) is 0 Å². The number of aliphatic hydroxyl groups excluding tert-OH is 7. The fourth-order valence-electron chi connectivity index (χ4n) is 6.15. The number of aliphatic hydroxyl groups is 7. The van der Waals surface area contributed by atoms with Crippen molar-refractivity contribution in [3.05, 3.63) is 48.6 Å². The van der Waals surface area contributed by atoms with Gasteiger partial charge in [-0.05, 0) is 51.4 Å². The van der Waals surface area contributed by atoms with E-state index in [1.807, 2.05) is 0 Å². The molecule has 2 saturated heterocycles. The Morgan fingerprint density at radius 1 is 0.607 bits per heavy atom. The average Bonchev–Trinajstić information content (AvgIpc) is 3.19. The fraction of sp³-hybridized carbons (Fsp3) is 0.786. The van der Waals surface area contributed by atoms with Crippen LogP contribution in [0.4, 0.5) is 0 Å². The van der Waals surface area contributed by atoms with Crippen LogP contribution in [0.25, 0.3) is 0 Å². The third-order valence-corrected chi connectivity index (χ3v) is 9.60. The molecular formula is C42H72O14. The molecule has 0 aromatic rings. The van der Waals surface area contributed by atoms with Crippen LogP contribution in [0.15, 0.2) is 48.6 Å². The van der Waals surface area contributed by atoms with Crippen LogP contribution >= 0.6 is 0 Å². The van der Waals surface area contributed by atoms with Crippen molar-refractivity contribution < 1.29 is 69.0 Å². The molecule has 2 aliphatic rings. The van der Waals surface area contributed by atoms with Crippen molar-refractivity contribution in [2.45, 2.75) is 178 Å². The highest BCUT2D eigenvalue weighted by molar-refractivity contribution is 5.69. The fourth-order valence-corrected chi connectivity index (χ4v) is 6.15. The monoisotopic (exact) mass is 800 g/mol. The first-order chi connectivity index (χ1) is 27.1. The number of unbranched alkanes of at least 4 members (excludes halogenated alkanes) is 8. The maximum atomic E-state index is 12.7. The number of carbonyl (C=O) groups is 1. The molecule has 2 fully saturated rings. The molecule has 0 aromatic carbocycles. The lowest BCUT2D eigenvalue weighted by molar-refractivity contribution is -0.332. The Kier molecular flexibility index (Phi) is 27.7. The smallest absolute Gasteiger partial charge is 0.306 e. The zero-order valence-electron chi connectivity index (χ0n) is 33.6. The molecule has 2 heterocycles. The Hall–Kier alpha value is -2.05. The molecule has 11 atom stereocenters. The van der Waals surface area contributed by atoms with E-state index in [4.69, 9.17) is 28.4 Å². The first kappa shape index (κ1) is 50.1. The molecule has 11 unspecified atom stereocenters. The van der Waals surface area contributed by atoms with Crippen molar-refractivity contribution in [2.75, 3.05) is 33.0 Å². The van der Waals surface area contributed by atoms with Gasteiger partial charge in [-0.1, -0.05) is 101 Å². The second-order valence-electron chi connectivity index (χ2n) is 14.4. The predicted molar refractivity (Wildman–Crippen MR) is 210 cm³/mol. The Morgan fingerprint density at radius 2 is 1.16 bits per heavy atom. The van der Waals surface area contributed by atoms with E-state index in [9.17, 15) is 40.5 Å². The summed E-state index contributed by atoms with van der Waals surface area (Å²) in [6, 6.07) is 0. The summed E-state index contributed by atoms with van der Waals surface area (Å²) in [4.78, 5) is 12.7. The number of rotatable bonds is 30. The van der Waals surface area contributed by atoms with E-state index >= 15 is 0 Å². The van der Waals surface area contributed by atoms with Crippen LogP contribution in [-0.2, 0) is 33.2 Å². The maximum absolute atomic E-state index is 12.7. The van der Waals surface area contributed by atoms with Gasteiger partial charge >= 0.3 is 5.97 Å². The first-order valence-corrected chi connectivity index (χ1v) is 20.7. The van der Waals surface area contributed by atoms with Crippen molar-refractivity contribution in [3.8, 4) is 0 Å². The molecule has 0 bridgehead atoms. The Morgan fingerprint density at radius 3 is 1.80 bits per heavy atom. The number of carbonyl (C=O) groups excluding carboxylic acids is 1. The number of ether oxygens (including phenoxy) is 6. The summed E-state index contributed by atoms with van der Waals surface area (Å²) < 4.78 is 33.9. The zero-order valence-corrected chi connectivity index (χ0v) is 33.6. The van der Waals surface area contributed by atoms with Crippen LogP contribution in [0.5, 0.6) is 0 Å². The normalized spacial score (nSPS) is 29.3. The maximum Gasteiger partial charge on any atom is 0.306 e. The summed E-state index contributed by atoms with van der Waals surface area (Å²) in [7, 11) is 0. The molecule has 0 aromatic heterocycles. The molecule has 2 aliphatic heterocycles. The van der Waals surface area contributed by atoms with Gasteiger partial charge < -0.3 is 64.2 Å². The van der Waals surface area contributed by atoms with Crippen LogP contribution in [0.3, 0.4) is 0 Å². The van der Waals surface area contributed by atoms with E-state index in [1.54, 1.807) is 0 Å². The molecule has 0 radical (unpaired) electrons. The molecule has 2 rings (SSSR count). The van der Waals surface area contributed by atoms with Crippen LogP contribution in [0.2, 0.25) is 0 Å². The first-order valence-electron chi connectivity index (χ1n) is 20.7. The lowest BCUT2D eigenvalue weighted by Gasteiger charge is -2.42. The minimum absolute atomic E-state index is 0.0384. The lowest BCUT2D eigenvalue weighted by atomic mass is 9.98. The second kappa shape index (κ2) is 30.9. The highest BCUT2D eigenvalue weighted by Gasteiger charge is 2.47. The van der Waals surface area contributed by atoms with Gasteiger partial charge in [-0.2, -0.15) is 0 Å². The van der Waals surface area contributed by atoms with E-state index in [2.05, 4.69) is 62.5 Å². The van der Waals surface area contributed by atoms with E-state index in [-0.39, 0.29) is 19.6 Å². The van der Waals surface area contributed by atoms with Crippen molar-refractivity contribution >= 4 is 5.97 Å². The molecular weight excluding hydrogens is 728 g/mol. The van der Waals surface area contributed by atoms with Gasteiger partial charge in [-0.3, -0.25) is 4.79 Å². The topological polar surface area (TPSA) is 214 Å². The molecule has 0 amide bonds. The molecule has 324 valence electrons. The quantitative estimate of drug-likeness (QED) is 0.0314. The van der Waals surface area contributed by atoms with Gasteiger partial charge in [0.1, 0.15) is 54.9 Å². The summed E-state index contributed by atoms with van der Waals surface area (Å²) in [6.45, 7) is 3.38. The third-order valence-electron chi connectivity index (χ3n) is 9.60. The number of hydrogen-bond donors (Lipinski definition) is 7. The van der Waals surface area contributed by atoms with Gasteiger partial charge in [-0.15, -0.1) is 0 Å². The van der Waals surface area contributed by atoms with Crippen LogP contribution in [-0.4, -0.2) is 142 Å². The van der Waals surface area contributed by atoms with Crippen LogP contribution < -0.4 is 0 Å². The van der Waals surface area contributed by atoms with Crippen molar-refractivity contribution in [3.63, 3.8) is 0 Å². The summed E-state index contributed by atoms with van der Waals surface area (Å²) >= 11 is 0. The third kappa shape index (κ3) is 20.1. The molecule has 14 nitrogen and oxygen atoms in total. The van der Waals surface area contributed by atoms with E-state index in [0.717, 1.165) is 83.5 Å². The second-order valence-corrected chi connectivity index (χ2v) is 14.4. The zero-order chi connectivity index (χ0) is 41.0. The minimum atomic E-state index is -1.71. The highest BCUT2D eigenvalue weighted by atomic mass is 16.7. The minimum Gasteiger partial charge on any atom is -0.457 e. The van der Waals surface area contributed by atoms with Gasteiger partial charge in [0, 0.05) is 13.0 Å². The highest BCUT2D eigenvalue weighted by Crippen LogP contribution is 2.26. The Balaban J connectivity index is 1.82. The summed E-state index contributed by atoms with van der Waals surface area (Å²) in [5.74, 6) is -0.401. The number of esters is 1. The Labute approximate surface area is 333 Å². The molecule has 56 heavy (non-hydrogen) atoms. The van der Waals surface area contributed by atoms with Crippen LogP contribution in [0.1, 0.15) is 110 Å². The van der Waals surface area contributed by atoms with Gasteiger partial charge in [0.2, 0.25) is 0 Å². The van der Waals surface area contributed by atoms with Crippen molar-refractivity contribution in [1.29, 1.82) is 0 Å². The predicted octanol–water partition coefficient (Wildman–Crippen LogP) is 3.67. The molecule has 0 spiro atoms. The van der Waals surface area contributed by atoms with Crippen LogP contribution in [0, 0.1) is 0 Å². The molecule has 0 saturated carbocycles. The molecule has 14 heteroatoms. The summed E-state index contributed by atoms with van der Waals surface area (Å²) in [6.07, 6.45) is 15.2. The van der Waals surface area contributed by atoms with Gasteiger partial charge in [0.25, 0.3) is 0 Å². The van der Waals surface area contributed by atoms with E-state index in [1.165, 1.54) is 0 Å². The number of hydrogen-bond acceptors (Lipinski definition) is 14. The largest absolute Gasteiger partial charge is 0.457 e. The summed E-state index contributed by atoms with van der Waals surface area (Å²) in [5.41, 5.74) is 0. The Bertz CT molecular complexity index is 1110. The van der Waals surface area contributed by atoms with Crippen molar-refractivity contribution in [1.82, 2.24) is 0 Å². The van der Waals surface area contributed by atoms with Gasteiger partial charge in [0.05, 0.1) is 26.4 Å². The number of allylic oxidation sites excluding steroid dienone is 8.